The lowest BCUT2D eigenvalue weighted by Gasteiger charge is -2.10. The van der Waals surface area contributed by atoms with Crippen molar-refractivity contribution < 1.29 is 9.59 Å². The molecule has 0 fully saturated rings. The van der Waals surface area contributed by atoms with Gasteiger partial charge in [-0.25, -0.2) is 0 Å². The van der Waals surface area contributed by atoms with E-state index in [1.165, 1.54) is 6.20 Å². The zero-order chi connectivity index (χ0) is 18.1. The SMILES string of the molecule is CCCC(=O)NC(=O)/C(C#N)=C\Nc1ccccc1-c1ccccc1. The predicted molar refractivity (Wildman–Crippen MR) is 97.3 cm³/mol. The molecule has 2 aromatic carbocycles. The molecular formula is C20H19N3O2. The lowest BCUT2D eigenvalue weighted by atomic mass is 10.0. The molecule has 0 saturated carbocycles. The van der Waals surface area contributed by atoms with E-state index in [4.69, 9.17) is 0 Å². The smallest absolute Gasteiger partial charge is 0.269 e. The molecule has 2 N–H and O–H groups in total. The highest BCUT2D eigenvalue weighted by atomic mass is 16.2. The molecule has 0 aliphatic heterocycles. The van der Waals surface area contributed by atoms with Gasteiger partial charge in [-0.15, -0.1) is 0 Å². The summed E-state index contributed by atoms with van der Waals surface area (Å²) in [5, 5.41) is 14.4. The first-order valence-electron chi connectivity index (χ1n) is 8.01. The summed E-state index contributed by atoms with van der Waals surface area (Å²) in [5.74, 6) is -1.09. The molecular weight excluding hydrogens is 314 g/mol. The number of hydrogen-bond donors (Lipinski definition) is 2. The van der Waals surface area contributed by atoms with Gasteiger partial charge in [0.05, 0.1) is 0 Å². The first-order valence-corrected chi connectivity index (χ1v) is 8.01. The Bertz CT molecular complexity index is 820. The number of nitrogens with one attached hydrogen (secondary N) is 2. The maximum atomic E-state index is 12.0. The molecule has 0 spiro atoms. The third kappa shape index (κ3) is 5.05. The first kappa shape index (κ1) is 18.0. The highest BCUT2D eigenvalue weighted by Crippen LogP contribution is 2.27. The van der Waals surface area contributed by atoms with Gasteiger partial charge in [0.15, 0.2) is 0 Å². The van der Waals surface area contributed by atoms with Gasteiger partial charge in [0.25, 0.3) is 5.91 Å². The van der Waals surface area contributed by atoms with Crippen molar-refractivity contribution in [2.75, 3.05) is 5.32 Å². The minimum Gasteiger partial charge on any atom is -0.360 e. The quantitative estimate of drug-likeness (QED) is 0.625. The van der Waals surface area contributed by atoms with E-state index in [1.807, 2.05) is 67.6 Å². The summed E-state index contributed by atoms with van der Waals surface area (Å²) in [7, 11) is 0. The lowest BCUT2D eigenvalue weighted by Crippen LogP contribution is -2.31. The van der Waals surface area contributed by atoms with Gasteiger partial charge in [0.2, 0.25) is 5.91 Å². The minimum absolute atomic E-state index is 0.160. The number of amides is 2. The molecule has 0 atom stereocenters. The Labute approximate surface area is 147 Å². The van der Waals surface area contributed by atoms with Crippen LogP contribution in [0.1, 0.15) is 19.8 Å². The summed E-state index contributed by atoms with van der Waals surface area (Å²) in [6, 6.07) is 19.2. The number of carbonyl (C=O) groups is 2. The molecule has 2 amide bonds. The standard InChI is InChI=1S/C20H19N3O2/c1-2-8-19(24)23-20(25)16(13-21)14-22-18-12-7-6-11-17(18)15-9-4-3-5-10-15/h3-7,9-12,14,22H,2,8H2,1H3,(H,23,24,25)/b16-14-. The molecule has 0 heterocycles. The average Bonchev–Trinajstić information content (AvgIpc) is 2.63. The Morgan fingerprint density at radius 3 is 2.44 bits per heavy atom. The monoisotopic (exact) mass is 333 g/mol. The number of imide groups is 1. The van der Waals surface area contributed by atoms with Crippen molar-refractivity contribution in [1.82, 2.24) is 5.32 Å². The normalized spacial score (nSPS) is 10.6. The van der Waals surface area contributed by atoms with E-state index in [2.05, 4.69) is 10.6 Å². The number of anilines is 1. The van der Waals surface area contributed by atoms with Crippen LogP contribution in [0.3, 0.4) is 0 Å². The molecule has 126 valence electrons. The second kappa shape index (κ2) is 9.04. The van der Waals surface area contributed by atoms with E-state index in [9.17, 15) is 14.9 Å². The van der Waals surface area contributed by atoms with Crippen LogP contribution in [-0.4, -0.2) is 11.8 Å². The van der Waals surface area contributed by atoms with Crippen LogP contribution in [0.25, 0.3) is 11.1 Å². The zero-order valence-electron chi connectivity index (χ0n) is 14.0. The molecule has 2 rings (SSSR count). The second-order valence-electron chi connectivity index (χ2n) is 5.35. The van der Waals surface area contributed by atoms with E-state index >= 15 is 0 Å². The number of para-hydroxylation sites is 1. The van der Waals surface area contributed by atoms with Gasteiger partial charge >= 0.3 is 0 Å². The first-order chi connectivity index (χ1) is 12.2. The van der Waals surface area contributed by atoms with Gasteiger partial charge < -0.3 is 5.32 Å². The summed E-state index contributed by atoms with van der Waals surface area (Å²) in [6.07, 6.45) is 2.19. The number of benzene rings is 2. The Morgan fingerprint density at radius 1 is 1.08 bits per heavy atom. The topological polar surface area (TPSA) is 82.0 Å². The fraction of sp³-hybridized carbons (Fsp3) is 0.150. The number of hydrogen-bond acceptors (Lipinski definition) is 4. The molecule has 0 saturated heterocycles. The van der Waals surface area contributed by atoms with Gasteiger partial charge in [-0.3, -0.25) is 14.9 Å². The largest absolute Gasteiger partial charge is 0.360 e. The predicted octanol–water partition coefficient (Wildman–Crippen LogP) is 3.62. The van der Waals surface area contributed by atoms with Crippen LogP contribution in [0, 0.1) is 11.3 Å². The van der Waals surface area contributed by atoms with Gasteiger partial charge in [0, 0.05) is 23.9 Å². The lowest BCUT2D eigenvalue weighted by molar-refractivity contribution is -0.128. The highest BCUT2D eigenvalue weighted by molar-refractivity contribution is 6.06. The van der Waals surface area contributed by atoms with Crippen molar-refractivity contribution in [1.29, 1.82) is 5.26 Å². The van der Waals surface area contributed by atoms with Gasteiger partial charge in [-0.2, -0.15) is 5.26 Å². The van der Waals surface area contributed by atoms with Gasteiger partial charge in [-0.1, -0.05) is 55.5 Å². The van der Waals surface area contributed by atoms with Crippen molar-refractivity contribution in [3.05, 3.63) is 66.4 Å². The summed E-state index contributed by atoms with van der Waals surface area (Å²) < 4.78 is 0. The number of rotatable bonds is 6. The third-order valence-electron chi connectivity index (χ3n) is 3.48. The zero-order valence-corrected chi connectivity index (χ0v) is 14.0. The Hall–Kier alpha value is -3.39. The second-order valence-corrected chi connectivity index (χ2v) is 5.35. The molecule has 2 aromatic rings. The Balaban J connectivity index is 2.19. The summed E-state index contributed by atoms with van der Waals surface area (Å²) in [6.45, 7) is 1.84. The fourth-order valence-electron chi connectivity index (χ4n) is 2.26. The molecule has 0 aliphatic carbocycles. The third-order valence-corrected chi connectivity index (χ3v) is 3.48. The summed E-state index contributed by atoms with van der Waals surface area (Å²) in [4.78, 5) is 23.5. The molecule has 5 nitrogen and oxygen atoms in total. The number of nitriles is 1. The Morgan fingerprint density at radius 2 is 1.76 bits per heavy atom. The molecule has 0 aromatic heterocycles. The molecule has 0 aliphatic rings. The highest BCUT2D eigenvalue weighted by Gasteiger charge is 2.12. The van der Waals surface area contributed by atoms with Crippen molar-refractivity contribution >= 4 is 17.5 Å². The summed E-state index contributed by atoms with van der Waals surface area (Å²) >= 11 is 0. The van der Waals surface area contributed by atoms with Crippen LogP contribution in [-0.2, 0) is 9.59 Å². The van der Waals surface area contributed by atoms with Crippen molar-refractivity contribution in [2.45, 2.75) is 19.8 Å². The van der Waals surface area contributed by atoms with E-state index < -0.39 is 11.8 Å². The van der Waals surface area contributed by atoms with Crippen molar-refractivity contribution in [3.63, 3.8) is 0 Å². The van der Waals surface area contributed by atoms with E-state index in [0.29, 0.717) is 6.42 Å². The van der Waals surface area contributed by atoms with Gasteiger partial charge in [-0.05, 0) is 18.1 Å². The number of carbonyl (C=O) groups excluding carboxylic acids is 2. The van der Waals surface area contributed by atoms with E-state index in [-0.39, 0.29) is 12.0 Å². The van der Waals surface area contributed by atoms with Crippen LogP contribution >= 0.6 is 0 Å². The van der Waals surface area contributed by atoms with Crippen LogP contribution in [0.5, 0.6) is 0 Å². The molecule has 0 bridgehead atoms. The molecule has 25 heavy (non-hydrogen) atoms. The van der Waals surface area contributed by atoms with E-state index in [1.54, 1.807) is 0 Å². The van der Waals surface area contributed by atoms with Crippen LogP contribution < -0.4 is 10.6 Å². The van der Waals surface area contributed by atoms with Crippen molar-refractivity contribution in [3.8, 4) is 17.2 Å². The average molecular weight is 333 g/mol. The maximum absolute atomic E-state index is 12.0. The van der Waals surface area contributed by atoms with Gasteiger partial charge in [0.1, 0.15) is 11.6 Å². The summed E-state index contributed by atoms with van der Waals surface area (Å²) in [5.41, 5.74) is 2.56. The van der Waals surface area contributed by atoms with E-state index in [0.717, 1.165) is 16.8 Å². The van der Waals surface area contributed by atoms with Crippen LogP contribution in [0.15, 0.2) is 66.4 Å². The Kier molecular flexibility index (Phi) is 6.49. The van der Waals surface area contributed by atoms with Crippen LogP contribution in [0.2, 0.25) is 0 Å². The molecule has 0 unspecified atom stereocenters. The molecule has 5 heteroatoms. The molecule has 0 radical (unpaired) electrons. The fourth-order valence-corrected chi connectivity index (χ4v) is 2.26. The minimum atomic E-state index is -0.703. The number of nitrogens with zero attached hydrogens (tertiary/aromatic N) is 1. The maximum Gasteiger partial charge on any atom is 0.269 e. The van der Waals surface area contributed by atoms with Crippen molar-refractivity contribution in [2.24, 2.45) is 0 Å². The van der Waals surface area contributed by atoms with Crippen LogP contribution in [0.4, 0.5) is 5.69 Å².